The summed E-state index contributed by atoms with van der Waals surface area (Å²) in [6.45, 7) is 2.33. The van der Waals surface area contributed by atoms with Gasteiger partial charge in [0.25, 0.3) is 5.91 Å². The van der Waals surface area contributed by atoms with Crippen molar-refractivity contribution < 1.29 is 9.90 Å². The predicted molar refractivity (Wildman–Crippen MR) is 77.3 cm³/mol. The molecule has 0 fully saturated rings. The SMILES string of the molecule is Cc1c(C(=O)NCCCO)cnn1-c1cccc(Cl)c1. The third kappa shape index (κ3) is 3.18. The van der Waals surface area contributed by atoms with Gasteiger partial charge in [0.15, 0.2) is 0 Å². The Hall–Kier alpha value is -1.85. The number of aliphatic hydroxyl groups excluding tert-OH is 1. The summed E-state index contributed by atoms with van der Waals surface area (Å²) in [4.78, 5) is 12.0. The molecule has 6 heteroatoms. The van der Waals surface area contributed by atoms with E-state index in [-0.39, 0.29) is 12.5 Å². The van der Waals surface area contributed by atoms with Crippen LogP contribution >= 0.6 is 11.6 Å². The van der Waals surface area contributed by atoms with Crippen molar-refractivity contribution in [2.45, 2.75) is 13.3 Å². The monoisotopic (exact) mass is 293 g/mol. The Morgan fingerprint density at radius 2 is 2.30 bits per heavy atom. The van der Waals surface area contributed by atoms with Crippen LogP contribution < -0.4 is 5.32 Å². The standard InChI is InChI=1S/C14H16ClN3O2/c1-10-13(14(20)16-6-3-7-19)9-17-18(10)12-5-2-4-11(15)8-12/h2,4-5,8-9,19H,3,6-7H2,1H3,(H,16,20). The zero-order valence-corrected chi connectivity index (χ0v) is 11.9. The Morgan fingerprint density at radius 1 is 1.50 bits per heavy atom. The lowest BCUT2D eigenvalue weighted by Crippen LogP contribution is -2.25. The zero-order valence-electron chi connectivity index (χ0n) is 11.1. The molecule has 0 radical (unpaired) electrons. The number of aromatic nitrogens is 2. The highest BCUT2D eigenvalue weighted by atomic mass is 35.5. The van der Waals surface area contributed by atoms with Crippen molar-refractivity contribution in [3.05, 3.63) is 46.7 Å². The molecule has 5 nitrogen and oxygen atoms in total. The van der Waals surface area contributed by atoms with Crippen LogP contribution in [0.25, 0.3) is 5.69 Å². The molecule has 0 saturated carbocycles. The summed E-state index contributed by atoms with van der Waals surface area (Å²) in [6.07, 6.45) is 2.07. The summed E-state index contributed by atoms with van der Waals surface area (Å²) >= 11 is 5.96. The topological polar surface area (TPSA) is 67.2 Å². The Bertz CT molecular complexity index is 610. The third-order valence-corrected chi connectivity index (χ3v) is 3.16. The van der Waals surface area contributed by atoms with E-state index in [4.69, 9.17) is 16.7 Å². The van der Waals surface area contributed by atoms with Gasteiger partial charge in [-0.2, -0.15) is 5.10 Å². The highest BCUT2D eigenvalue weighted by Crippen LogP contribution is 2.17. The second-order valence-electron chi connectivity index (χ2n) is 4.37. The molecule has 20 heavy (non-hydrogen) atoms. The molecular weight excluding hydrogens is 278 g/mol. The van der Waals surface area contributed by atoms with E-state index < -0.39 is 0 Å². The minimum absolute atomic E-state index is 0.0566. The van der Waals surface area contributed by atoms with Crippen molar-refractivity contribution in [1.82, 2.24) is 15.1 Å². The average Bonchev–Trinajstić information content (AvgIpc) is 2.81. The van der Waals surface area contributed by atoms with E-state index in [1.165, 1.54) is 6.20 Å². The quantitative estimate of drug-likeness (QED) is 0.828. The van der Waals surface area contributed by atoms with Crippen molar-refractivity contribution in [2.75, 3.05) is 13.2 Å². The molecular formula is C14H16ClN3O2. The van der Waals surface area contributed by atoms with Crippen LogP contribution in [0.15, 0.2) is 30.5 Å². The Morgan fingerprint density at radius 3 is 3.00 bits per heavy atom. The smallest absolute Gasteiger partial charge is 0.254 e. The molecule has 0 aliphatic rings. The number of aliphatic hydroxyl groups is 1. The normalized spacial score (nSPS) is 10.6. The van der Waals surface area contributed by atoms with Crippen LogP contribution in [-0.2, 0) is 0 Å². The van der Waals surface area contributed by atoms with Crippen LogP contribution in [-0.4, -0.2) is 33.9 Å². The first kappa shape index (κ1) is 14.6. The molecule has 1 heterocycles. The van der Waals surface area contributed by atoms with E-state index in [0.717, 1.165) is 11.4 Å². The van der Waals surface area contributed by atoms with Gasteiger partial charge in [-0.15, -0.1) is 0 Å². The largest absolute Gasteiger partial charge is 0.396 e. The Labute approximate surface area is 122 Å². The minimum Gasteiger partial charge on any atom is -0.396 e. The van der Waals surface area contributed by atoms with Crippen molar-refractivity contribution in [2.24, 2.45) is 0 Å². The van der Waals surface area contributed by atoms with Crippen LogP contribution in [0.3, 0.4) is 0 Å². The number of benzene rings is 1. The van der Waals surface area contributed by atoms with Crippen LogP contribution in [0.1, 0.15) is 22.5 Å². The van der Waals surface area contributed by atoms with Gasteiger partial charge in [-0.1, -0.05) is 17.7 Å². The summed E-state index contributed by atoms with van der Waals surface area (Å²) < 4.78 is 1.67. The van der Waals surface area contributed by atoms with Gasteiger partial charge >= 0.3 is 0 Å². The number of halogens is 1. The van der Waals surface area contributed by atoms with Gasteiger partial charge in [0.05, 0.1) is 23.1 Å². The molecule has 0 spiro atoms. The first-order chi connectivity index (χ1) is 9.63. The molecule has 0 aliphatic carbocycles. The lowest BCUT2D eigenvalue weighted by Gasteiger charge is -2.06. The molecule has 2 N–H and O–H groups in total. The van der Waals surface area contributed by atoms with Gasteiger partial charge in [-0.05, 0) is 31.5 Å². The summed E-state index contributed by atoms with van der Waals surface area (Å²) in [5.41, 5.74) is 2.07. The Balaban J connectivity index is 2.21. The Kier molecular flexibility index (Phi) is 4.76. The summed E-state index contributed by atoms with van der Waals surface area (Å²) in [5.74, 6) is -0.191. The van der Waals surface area contributed by atoms with Gasteiger partial charge in [0.1, 0.15) is 0 Å². The minimum atomic E-state index is -0.191. The average molecular weight is 294 g/mol. The number of carbonyl (C=O) groups excluding carboxylic acids is 1. The molecule has 0 aliphatic heterocycles. The van der Waals surface area contributed by atoms with Gasteiger partial charge in [-0.25, -0.2) is 4.68 Å². The molecule has 0 unspecified atom stereocenters. The molecule has 1 amide bonds. The number of rotatable bonds is 5. The van der Waals surface area contributed by atoms with Crippen LogP contribution in [0.5, 0.6) is 0 Å². The predicted octanol–water partition coefficient (Wildman–Crippen LogP) is 1.95. The highest BCUT2D eigenvalue weighted by molar-refractivity contribution is 6.30. The highest BCUT2D eigenvalue weighted by Gasteiger charge is 2.14. The maximum absolute atomic E-state index is 12.0. The maximum Gasteiger partial charge on any atom is 0.254 e. The summed E-state index contributed by atoms with van der Waals surface area (Å²) in [6, 6.07) is 7.28. The fourth-order valence-electron chi connectivity index (χ4n) is 1.88. The molecule has 1 aromatic carbocycles. The second-order valence-corrected chi connectivity index (χ2v) is 4.80. The number of nitrogens with one attached hydrogen (secondary N) is 1. The van der Waals surface area contributed by atoms with Gasteiger partial charge in [0, 0.05) is 18.2 Å². The van der Waals surface area contributed by atoms with Gasteiger partial charge in [0.2, 0.25) is 0 Å². The van der Waals surface area contributed by atoms with E-state index in [1.807, 2.05) is 19.1 Å². The molecule has 106 valence electrons. The van der Waals surface area contributed by atoms with Crippen LogP contribution in [0, 0.1) is 6.92 Å². The van der Waals surface area contributed by atoms with Crippen molar-refractivity contribution >= 4 is 17.5 Å². The lowest BCUT2D eigenvalue weighted by atomic mass is 10.2. The molecule has 0 atom stereocenters. The van der Waals surface area contributed by atoms with E-state index in [2.05, 4.69) is 10.4 Å². The van der Waals surface area contributed by atoms with E-state index in [1.54, 1.807) is 16.8 Å². The second kappa shape index (κ2) is 6.54. The molecule has 0 saturated heterocycles. The van der Waals surface area contributed by atoms with Gasteiger partial charge < -0.3 is 10.4 Å². The van der Waals surface area contributed by atoms with Crippen LogP contribution in [0.2, 0.25) is 5.02 Å². The lowest BCUT2D eigenvalue weighted by molar-refractivity contribution is 0.0950. The number of carbonyl (C=O) groups is 1. The molecule has 2 rings (SSSR count). The maximum atomic E-state index is 12.0. The van der Waals surface area contributed by atoms with Crippen molar-refractivity contribution in [3.63, 3.8) is 0 Å². The molecule has 0 bridgehead atoms. The molecule has 2 aromatic rings. The number of nitrogens with zero attached hydrogens (tertiary/aromatic N) is 2. The number of hydrogen-bond acceptors (Lipinski definition) is 3. The van der Waals surface area contributed by atoms with E-state index in [9.17, 15) is 4.79 Å². The van der Waals surface area contributed by atoms with E-state index in [0.29, 0.717) is 23.6 Å². The molecule has 1 aromatic heterocycles. The first-order valence-electron chi connectivity index (χ1n) is 6.33. The number of amides is 1. The van der Waals surface area contributed by atoms with E-state index >= 15 is 0 Å². The summed E-state index contributed by atoms with van der Waals surface area (Å²) in [7, 11) is 0. The fourth-order valence-corrected chi connectivity index (χ4v) is 2.06. The van der Waals surface area contributed by atoms with Crippen molar-refractivity contribution in [3.8, 4) is 5.69 Å². The third-order valence-electron chi connectivity index (χ3n) is 2.93. The summed E-state index contributed by atoms with van der Waals surface area (Å²) in [5, 5.41) is 16.3. The zero-order chi connectivity index (χ0) is 14.5. The first-order valence-corrected chi connectivity index (χ1v) is 6.71. The van der Waals surface area contributed by atoms with Crippen LogP contribution in [0.4, 0.5) is 0 Å². The number of hydrogen-bond donors (Lipinski definition) is 2. The van der Waals surface area contributed by atoms with Gasteiger partial charge in [-0.3, -0.25) is 4.79 Å². The fraction of sp³-hybridized carbons (Fsp3) is 0.286. The van der Waals surface area contributed by atoms with Crippen molar-refractivity contribution in [1.29, 1.82) is 0 Å².